The highest BCUT2D eigenvalue weighted by Gasteiger charge is 2.68. The Morgan fingerprint density at radius 3 is 2.19 bits per heavy atom. The molecule has 92 valence electrons. The Bertz CT molecular complexity index is 276. The molecule has 0 bridgehead atoms. The second-order valence-corrected chi connectivity index (χ2v) is 5.83. The van der Waals surface area contributed by atoms with E-state index >= 15 is 0 Å². The third-order valence-electron chi connectivity index (χ3n) is 5.07. The van der Waals surface area contributed by atoms with Gasteiger partial charge in [0, 0.05) is 13.1 Å². The largest absolute Gasteiger partial charge is 0.343 e. The summed E-state index contributed by atoms with van der Waals surface area (Å²) in [7, 11) is 0. The maximum Gasteiger partial charge on any atom is 0.229 e. The molecule has 0 aliphatic heterocycles. The molecule has 2 aliphatic carbocycles. The fourth-order valence-electron chi connectivity index (χ4n) is 3.75. The van der Waals surface area contributed by atoms with Gasteiger partial charge in [0.1, 0.15) is 0 Å². The van der Waals surface area contributed by atoms with E-state index in [1.54, 1.807) is 0 Å². The van der Waals surface area contributed by atoms with Crippen molar-refractivity contribution in [3.8, 4) is 0 Å². The molecule has 2 heteroatoms. The highest BCUT2D eigenvalue weighted by atomic mass is 16.2. The Morgan fingerprint density at radius 1 is 1.12 bits per heavy atom. The number of carbonyl (C=O) groups excluding carboxylic acids is 1. The number of rotatable bonds is 3. The maximum absolute atomic E-state index is 12.5. The van der Waals surface area contributed by atoms with E-state index in [0.717, 1.165) is 19.5 Å². The summed E-state index contributed by atoms with van der Waals surface area (Å²) >= 11 is 0. The van der Waals surface area contributed by atoms with Crippen molar-refractivity contribution in [1.82, 2.24) is 4.90 Å². The lowest BCUT2D eigenvalue weighted by atomic mass is 9.79. The van der Waals surface area contributed by atoms with Gasteiger partial charge in [-0.25, -0.2) is 0 Å². The van der Waals surface area contributed by atoms with E-state index in [9.17, 15) is 4.79 Å². The molecule has 0 aromatic carbocycles. The molecule has 1 amide bonds. The lowest BCUT2D eigenvalue weighted by Crippen LogP contribution is -2.38. The Kier molecular flexibility index (Phi) is 3.02. The van der Waals surface area contributed by atoms with E-state index < -0.39 is 0 Å². The van der Waals surface area contributed by atoms with Crippen molar-refractivity contribution in [2.24, 2.45) is 10.8 Å². The first-order valence-electron chi connectivity index (χ1n) is 6.89. The standard InChI is InChI=1S/C14H25NO/c1-4-15(5-2)12(16)13(3)11-14(13)9-7-6-8-10-14/h4-11H2,1-3H3/t13-/m0/s1. The summed E-state index contributed by atoms with van der Waals surface area (Å²) in [5.41, 5.74) is 0.379. The molecule has 0 aromatic heterocycles. The highest BCUT2D eigenvalue weighted by Crippen LogP contribution is 2.70. The zero-order chi connectivity index (χ0) is 11.8. The first kappa shape index (κ1) is 11.9. The van der Waals surface area contributed by atoms with Crippen LogP contribution in [-0.2, 0) is 4.79 Å². The Balaban J connectivity index is 2.07. The minimum absolute atomic E-state index is 0.0144. The van der Waals surface area contributed by atoms with Crippen molar-refractivity contribution in [2.75, 3.05) is 13.1 Å². The number of nitrogens with zero attached hydrogens (tertiary/aromatic N) is 1. The van der Waals surface area contributed by atoms with Gasteiger partial charge in [0.15, 0.2) is 0 Å². The fraction of sp³-hybridized carbons (Fsp3) is 0.929. The zero-order valence-corrected chi connectivity index (χ0v) is 11.0. The van der Waals surface area contributed by atoms with Crippen LogP contribution in [0.5, 0.6) is 0 Å². The summed E-state index contributed by atoms with van der Waals surface area (Å²) in [6.45, 7) is 8.10. The van der Waals surface area contributed by atoms with Crippen LogP contribution in [-0.4, -0.2) is 23.9 Å². The topological polar surface area (TPSA) is 20.3 Å². The number of hydrogen-bond donors (Lipinski definition) is 0. The van der Waals surface area contributed by atoms with Crippen molar-refractivity contribution in [3.05, 3.63) is 0 Å². The molecule has 2 rings (SSSR count). The van der Waals surface area contributed by atoms with Gasteiger partial charge in [-0.1, -0.05) is 26.2 Å². The summed E-state index contributed by atoms with van der Waals surface area (Å²) in [4.78, 5) is 14.5. The van der Waals surface area contributed by atoms with Crippen LogP contribution in [0.2, 0.25) is 0 Å². The molecule has 1 atom stereocenters. The van der Waals surface area contributed by atoms with E-state index in [-0.39, 0.29) is 5.41 Å². The van der Waals surface area contributed by atoms with Crippen LogP contribution < -0.4 is 0 Å². The van der Waals surface area contributed by atoms with Crippen LogP contribution in [0.3, 0.4) is 0 Å². The van der Waals surface area contributed by atoms with Crippen LogP contribution in [0.15, 0.2) is 0 Å². The molecule has 1 spiro atoms. The fourth-order valence-corrected chi connectivity index (χ4v) is 3.75. The summed E-state index contributed by atoms with van der Waals surface area (Å²) in [6.07, 6.45) is 7.77. The number of carbonyl (C=O) groups is 1. The van der Waals surface area contributed by atoms with Crippen molar-refractivity contribution >= 4 is 5.91 Å². The molecule has 2 fully saturated rings. The van der Waals surface area contributed by atoms with Gasteiger partial charge in [0.05, 0.1) is 5.41 Å². The normalized spacial score (nSPS) is 31.4. The minimum Gasteiger partial charge on any atom is -0.343 e. The van der Waals surface area contributed by atoms with Crippen LogP contribution in [0.4, 0.5) is 0 Å². The van der Waals surface area contributed by atoms with Crippen molar-refractivity contribution in [3.63, 3.8) is 0 Å². The van der Waals surface area contributed by atoms with Gasteiger partial charge in [-0.05, 0) is 38.5 Å². The van der Waals surface area contributed by atoms with Gasteiger partial charge in [-0.15, -0.1) is 0 Å². The van der Waals surface area contributed by atoms with Gasteiger partial charge in [0.2, 0.25) is 5.91 Å². The first-order valence-corrected chi connectivity index (χ1v) is 6.89. The van der Waals surface area contributed by atoms with Crippen LogP contribution in [0.1, 0.15) is 59.3 Å². The minimum atomic E-state index is -0.0144. The quantitative estimate of drug-likeness (QED) is 0.719. The molecule has 16 heavy (non-hydrogen) atoms. The monoisotopic (exact) mass is 223 g/mol. The lowest BCUT2D eigenvalue weighted by Gasteiger charge is -2.30. The van der Waals surface area contributed by atoms with Crippen LogP contribution in [0, 0.1) is 10.8 Å². The summed E-state index contributed by atoms with van der Waals surface area (Å²) in [5, 5.41) is 0. The molecule has 0 radical (unpaired) electrons. The molecule has 2 saturated carbocycles. The number of amides is 1. The molecular weight excluding hydrogens is 198 g/mol. The Morgan fingerprint density at radius 2 is 1.69 bits per heavy atom. The SMILES string of the molecule is CCN(CC)C(=O)[C@]1(C)CC12CCCCC2. The van der Waals surface area contributed by atoms with Crippen molar-refractivity contribution < 1.29 is 4.79 Å². The van der Waals surface area contributed by atoms with Gasteiger partial charge >= 0.3 is 0 Å². The first-order chi connectivity index (χ1) is 7.59. The van der Waals surface area contributed by atoms with E-state index in [1.165, 1.54) is 32.1 Å². The molecule has 0 unspecified atom stereocenters. The predicted octanol–water partition coefficient (Wildman–Crippen LogP) is 3.22. The van der Waals surface area contributed by atoms with Crippen LogP contribution >= 0.6 is 0 Å². The molecule has 0 heterocycles. The molecule has 0 saturated heterocycles. The smallest absolute Gasteiger partial charge is 0.229 e. The molecular formula is C14H25NO. The van der Waals surface area contributed by atoms with Crippen LogP contribution in [0.25, 0.3) is 0 Å². The lowest BCUT2D eigenvalue weighted by molar-refractivity contribution is -0.137. The highest BCUT2D eigenvalue weighted by molar-refractivity contribution is 5.86. The summed E-state index contributed by atoms with van der Waals surface area (Å²) < 4.78 is 0. The average molecular weight is 223 g/mol. The van der Waals surface area contributed by atoms with Gasteiger partial charge in [-0.2, -0.15) is 0 Å². The Labute approximate surface area is 99.4 Å². The van der Waals surface area contributed by atoms with Gasteiger partial charge in [0.25, 0.3) is 0 Å². The van der Waals surface area contributed by atoms with Crippen molar-refractivity contribution in [1.29, 1.82) is 0 Å². The molecule has 0 N–H and O–H groups in total. The second kappa shape index (κ2) is 4.05. The zero-order valence-electron chi connectivity index (χ0n) is 11.0. The summed E-state index contributed by atoms with van der Waals surface area (Å²) in [6, 6.07) is 0. The predicted molar refractivity (Wildman–Crippen MR) is 66.2 cm³/mol. The summed E-state index contributed by atoms with van der Waals surface area (Å²) in [5.74, 6) is 0.416. The average Bonchev–Trinajstić information content (AvgIpc) is 2.87. The van der Waals surface area contributed by atoms with E-state index in [4.69, 9.17) is 0 Å². The third-order valence-corrected chi connectivity index (χ3v) is 5.07. The Hall–Kier alpha value is -0.530. The van der Waals surface area contributed by atoms with E-state index in [0.29, 0.717) is 11.3 Å². The molecule has 2 aliphatic rings. The molecule has 2 nitrogen and oxygen atoms in total. The van der Waals surface area contributed by atoms with Gasteiger partial charge < -0.3 is 4.90 Å². The van der Waals surface area contributed by atoms with E-state index in [1.807, 2.05) is 4.90 Å². The second-order valence-electron chi connectivity index (χ2n) is 5.83. The van der Waals surface area contributed by atoms with Gasteiger partial charge in [-0.3, -0.25) is 4.79 Å². The number of hydrogen-bond acceptors (Lipinski definition) is 1. The third kappa shape index (κ3) is 1.57. The van der Waals surface area contributed by atoms with E-state index in [2.05, 4.69) is 20.8 Å². The van der Waals surface area contributed by atoms with Crippen molar-refractivity contribution in [2.45, 2.75) is 59.3 Å². The molecule has 0 aromatic rings. The maximum atomic E-state index is 12.5.